The van der Waals surface area contributed by atoms with Gasteiger partial charge < -0.3 is 10.1 Å². The zero-order chi connectivity index (χ0) is 18.6. The van der Waals surface area contributed by atoms with E-state index in [4.69, 9.17) is 4.74 Å². The van der Waals surface area contributed by atoms with Crippen LogP contribution in [0.25, 0.3) is 0 Å². The van der Waals surface area contributed by atoms with Crippen LogP contribution in [0, 0.1) is 0 Å². The van der Waals surface area contributed by atoms with Crippen molar-refractivity contribution in [2.75, 3.05) is 25.4 Å². The van der Waals surface area contributed by atoms with E-state index in [9.17, 15) is 13.2 Å². The molecular weight excluding hydrogens is 362 g/mol. The lowest BCUT2D eigenvalue weighted by molar-refractivity contribution is -0.120. The van der Waals surface area contributed by atoms with Gasteiger partial charge in [0.25, 0.3) is 0 Å². The third-order valence-electron chi connectivity index (χ3n) is 3.87. The molecule has 0 unspecified atom stereocenters. The number of ether oxygens (including phenoxy) is 1. The number of nitrogens with zero attached hydrogens (tertiary/aromatic N) is 2. The predicted octanol–water partition coefficient (Wildman–Crippen LogP) is 1.36. The number of hydrogen-bond donors (Lipinski definition) is 1. The molecule has 0 saturated carbocycles. The Labute approximate surface area is 153 Å². The van der Waals surface area contributed by atoms with E-state index in [0.717, 1.165) is 10.7 Å². The summed E-state index contributed by atoms with van der Waals surface area (Å²) in [5.41, 5.74) is 0.727. The van der Waals surface area contributed by atoms with E-state index in [1.54, 1.807) is 11.3 Å². The second-order valence-electron chi connectivity index (χ2n) is 6.75. The molecule has 1 fully saturated rings. The molecule has 1 aromatic rings. The van der Waals surface area contributed by atoms with Crippen LogP contribution in [0.2, 0.25) is 0 Å². The van der Waals surface area contributed by atoms with Crippen molar-refractivity contribution in [2.24, 2.45) is 0 Å². The summed E-state index contributed by atoms with van der Waals surface area (Å²) in [5.74, 6) is 0.0248. The van der Waals surface area contributed by atoms with E-state index in [1.165, 1.54) is 4.31 Å². The molecule has 2 atom stereocenters. The molecule has 9 heteroatoms. The zero-order valence-corrected chi connectivity index (χ0v) is 16.8. The number of hydrogen-bond acceptors (Lipinski definition) is 6. The van der Waals surface area contributed by atoms with Crippen LogP contribution in [0.5, 0.6) is 0 Å². The molecule has 1 amide bonds. The molecule has 0 radical (unpaired) electrons. The Kier molecular flexibility index (Phi) is 6.95. The highest BCUT2D eigenvalue weighted by Gasteiger charge is 2.30. The molecule has 142 valence electrons. The van der Waals surface area contributed by atoms with Crippen molar-refractivity contribution in [1.82, 2.24) is 14.6 Å². The third-order valence-corrected chi connectivity index (χ3v) is 6.87. The number of sulfonamides is 1. The van der Waals surface area contributed by atoms with E-state index < -0.39 is 10.0 Å². The first kappa shape index (κ1) is 20.3. The molecule has 0 spiro atoms. The summed E-state index contributed by atoms with van der Waals surface area (Å²) < 4.78 is 31.8. The molecule has 1 N–H and O–H groups in total. The largest absolute Gasteiger partial charge is 0.373 e. The highest BCUT2D eigenvalue weighted by Crippen LogP contribution is 2.19. The van der Waals surface area contributed by atoms with Crippen molar-refractivity contribution in [3.63, 3.8) is 0 Å². The Bertz CT molecular complexity index is 677. The Morgan fingerprint density at radius 2 is 2.04 bits per heavy atom. The second kappa shape index (κ2) is 8.57. The molecule has 1 aliphatic heterocycles. The lowest BCUT2D eigenvalue weighted by Gasteiger charge is -2.34. The fourth-order valence-corrected chi connectivity index (χ4v) is 5.03. The molecule has 1 saturated heterocycles. The summed E-state index contributed by atoms with van der Waals surface area (Å²) in [4.78, 5) is 16.4. The maximum absolute atomic E-state index is 12.4. The van der Waals surface area contributed by atoms with Gasteiger partial charge in [-0.15, -0.1) is 11.3 Å². The Morgan fingerprint density at radius 1 is 1.40 bits per heavy atom. The number of thiazole rings is 1. The van der Waals surface area contributed by atoms with E-state index in [2.05, 4.69) is 24.1 Å². The van der Waals surface area contributed by atoms with Crippen LogP contribution in [-0.2, 0) is 26.0 Å². The fourth-order valence-electron chi connectivity index (χ4n) is 2.70. The summed E-state index contributed by atoms with van der Waals surface area (Å²) in [7, 11) is -3.40. The van der Waals surface area contributed by atoms with Crippen molar-refractivity contribution < 1.29 is 17.9 Å². The smallest absolute Gasteiger partial charge is 0.226 e. The number of nitrogens with one attached hydrogen (secondary N) is 1. The lowest BCUT2D eigenvalue weighted by atomic mass is 10.2. The minimum absolute atomic E-state index is 0.0997. The third kappa shape index (κ3) is 6.02. The predicted molar refractivity (Wildman–Crippen MR) is 98.3 cm³/mol. The number of aromatic nitrogens is 1. The van der Waals surface area contributed by atoms with Crippen molar-refractivity contribution in [1.29, 1.82) is 0 Å². The van der Waals surface area contributed by atoms with Gasteiger partial charge in [-0.3, -0.25) is 4.79 Å². The van der Waals surface area contributed by atoms with E-state index in [1.807, 2.05) is 19.2 Å². The lowest BCUT2D eigenvalue weighted by Crippen LogP contribution is -2.49. The van der Waals surface area contributed by atoms with Gasteiger partial charge in [-0.05, 0) is 13.8 Å². The van der Waals surface area contributed by atoms with E-state index >= 15 is 0 Å². The van der Waals surface area contributed by atoms with Gasteiger partial charge in [0.1, 0.15) is 0 Å². The number of amides is 1. The summed E-state index contributed by atoms with van der Waals surface area (Å²) in [6.45, 7) is 8.65. The SMILES string of the molecule is CC(C)c1nc(CC(=O)NCCS(=O)(=O)N2C[C@@H](C)O[C@@H](C)C2)cs1. The van der Waals surface area contributed by atoms with Gasteiger partial charge in [-0.25, -0.2) is 13.4 Å². The number of carbonyl (C=O) groups excluding carboxylic acids is 1. The monoisotopic (exact) mass is 389 g/mol. The Hall–Kier alpha value is -1.03. The summed E-state index contributed by atoms with van der Waals surface area (Å²) >= 11 is 1.54. The fraction of sp³-hybridized carbons (Fsp3) is 0.750. The van der Waals surface area contributed by atoms with Crippen LogP contribution in [0.3, 0.4) is 0 Å². The zero-order valence-electron chi connectivity index (χ0n) is 15.2. The topological polar surface area (TPSA) is 88.6 Å². The van der Waals surface area contributed by atoms with Crippen molar-refractivity contribution in [3.05, 3.63) is 16.1 Å². The quantitative estimate of drug-likeness (QED) is 0.761. The standard InChI is InChI=1S/C16H27N3O4S2/c1-11(2)16-18-14(10-24-16)7-15(20)17-5-6-25(21,22)19-8-12(3)23-13(4)9-19/h10-13H,5-9H2,1-4H3,(H,17,20)/t12-,13+. The number of morpholine rings is 1. The van der Waals surface area contributed by atoms with Gasteiger partial charge >= 0.3 is 0 Å². The number of rotatable bonds is 7. The van der Waals surface area contributed by atoms with Gasteiger partial charge in [0.05, 0.1) is 35.1 Å². The van der Waals surface area contributed by atoms with Crippen LogP contribution in [0.15, 0.2) is 5.38 Å². The highest BCUT2D eigenvalue weighted by molar-refractivity contribution is 7.89. The molecule has 0 aromatic carbocycles. The van der Waals surface area contributed by atoms with Gasteiger partial charge in [-0.2, -0.15) is 4.31 Å². The van der Waals surface area contributed by atoms with Crippen molar-refractivity contribution in [2.45, 2.75) is 52.2 Å². The van der Waals surface area contributed by atoms with Crippen LogP contribution in [0.1, 0.15) is 44.3 Å². The van der Waals surface area contributed by atoms with E-state index in [0.29, 0.717) is 19.0 Å². The Morgan fingerprint density at radius 3 is 2.60 bits per heavy atom. The summed E-state index contributed by atoms with van der Waals surface area (Å²) in [6.07, 6.45) is -0.0598. The molecule has 0 bridgehead atoms. The van der Waals surface area contributed by atoms with Crippen LogP contribution >= 0.6 is 11.3 Å². The maximum atomic E-state index is 12.4. The van der Waals surface area contributed by atoms with E-state index in [-0.39, 0.29) is 36.8 Å². The van der Waals surface area contributed by atoms with Crippen molar-refractivity contribution in [3.8, 4) is 0 Å². The molecule has 2 rings (SSSR count). The molecule has 0 aliphatic carbocycles. The van der Waals surface area contributed by atoms with Crippen LogP contribution < -0.4 is 5.32 Å². The van der Waals surface area contributed by atoms with Gasteiger partial charge in [0, 0.05) is 30.9 Å². The molecular formula is C16H27N3O4S2. The molecule has 2 heterocycles. The summed E-state index contributed by atoms with van der Waals surface area (Å²) in [6, 6.07) is 0. The van der Waals surface area contributed by atoms with Gasteiger partial charge in [-0.1, -0.05) is 13.8 Å². The molecule has 25 heavy (non-hydrogen) atoms. The first-order chi connectivity index (χ1) is 11.7. The molecule has 1 aromatic heterocycles. The van der Waals surface area contributed by atoms with Gasteiger partial charge in [0.15, 0.2) is 0 Å². The normalized spacial score (nSPS) is 22.3. The highest BCUT2D eigenvalue weighted by atomic mass is 32.2. The first-order valence-electron chi connectivity index (χ1n) is 8.51. The second-order valence-corrected chi connectivity index (χ2v) is 9.73. The average molecular weight is 390 g/mol. The number of carbonyl (C=O) groups is 1. The van der Waals surface area contributed by atoms with Crippen LogP contribution in [-0.4, -0.2) is 61.2 Å². The molecule has 1 aliphatic rings. The minimum Gasteiger partial charge on any atom is -0.373 e. The minimum atomic E-state index is -3.40. The first-order valence-corrected chi connectivity index (χ1v) is 11.0. The summed E-state index contributed by atoms with van der Waals surface area (Å²) in [5, 5.41) is 5.55. The Balaban J connectivity index is 1.79. The van der Waals surface area contributed by atoms with Crippen molar-refractivity contribution >= 4 is 27.3 Å². The van der Waals surface area contributed by atoms with Crippen LogP contribution in [0.4, 0.5) is 0 Å². The average Bonchev–Trinajstić information content (AvgIpc) is 2.94. The maximum Gasteiger partial charge on any atom is 0.226 e. The molecule has 7 nitrogen and oxygen atoms in total. The van der Waals surface area contributed by atoms with Gasteiger partial charge in [0.2, 0.25) is 15.9 Å².